The Balaban J connectivity index is 2.14. The molecule has 0 spiro atoms. The van der Waals surface area contributed by atoms with Crippen LogP contribution in [0.2, 0.25) is 5.02 Å². The molecule has 3 nitrogen and oxygen atoms in total. The van der Waals surface area contributed by atoms with Gasteiger partial charge < -0.3 is 5.32 Å². The topological polar surface area (TPSA) is 29.9 Å². The predicted molar refractivity (Wildman–Crippen MR) is 72.4 cm³/mol. The zero-order valence-electron chi connectivity index (χ0n) is 10.3. The number of anilines is 1. The fourth-order valence-electron chi connectivity index (χ4n) is 1.60. The van der Waals surface area contributed by atoms with Gasteiger partial charge in [0.05, 0.1) is 22.5 Å². The van der Waals surface area contributed by atoms with Gasteiger partial charge in [-0.05, 0) is 18.2 Å². The molecule has 1 N–H and O–H groups in total. The van der Waals surface area contributed by atoms with Gasteiger partial charge in [0, 0.05) is 24.5 Å². The van der Waals surface area contributed by atoms with Gasteiger partial charge in [0.15, 0.2) is 0 Å². The van der Waals surface area contributed by atoms with Gasteiger partial charge in [-0.2, -0.15) is 18.3 Å². The number of hydrogen-bond acceptors (Lipinski definition) is 2. The standard InChI is InChI=1S/C13H11ClF3N3/c1-2-20-8-9(7-19-20)6-18-12-5-10(13(15,16)17)3-4-11(12)14/h2-5,7-8,18H,1,6H2. The molecule has 0 amide bonds. The molecule has 0 aliphatic carbocycles. The second-order valence-corrected chi connectivity index (χ2v) is 4.46. The minimum atomic E-state index is -4.39. The van der Waals surface area contributed by atoms with Crippen LogP contribution in [-0.2, 0) is 12.7 Å². The summed E-state index contributed by atoms with van der Waals surface area (Å²) in [6.07, 6.45) is 0.424. The lowest BCUT2D eigenvalue weighted by Gasteiger charge is -2.11. The highest BCUT2D eigenvalue weighted by atomic mass is 35.5. The van der Waals surface area contributed by atoms with E-state index in [1.54, 1.807) is 12.4 Å². The summed E-state index contributed by atoms with van der Waals surface area (Å²) in [5.74, 6) is 0. The number of alkyl halides is 3. The Morgan fingerprint density at radius 2 is 2.15 bits per heavy atom. The lowest BCUT2D eigenvalue weighted by atomic mass is 10.2. The third-order valence-corrected chi connectivity index (χ3v) is 2.95. The molecule has 2 aromatic rings. The molecule has 0 fully saturated rings. The molecule has 0 atom stereocenters. The van der Waals surface area contributed by atoms with Crippen molar-refractivity contribution < 1.29 is 13.2 Å². The largest absolute Gasteiger partial charge is 0.416 e. The highest BCUT2D eigenvalue weighted by Gasteiger charge is 2.30. The smallest absolute Gasteiger partial charge is 0.380 e. The summed E-state index contributed by atoms with van der Waals surface area (Å²) >= 11 is 5.88. The molecule has 0 aliphatic heterocycles. The van der Waals surface area contributed by atoms with Crippen LogP contribution in [0.15, 0.2) is 37.2 Å². The molecule has 0 unspecified atom stereocenters. The minimum absolute atomic E-state index is 0.229. The molecule has 106 valence electrons. The van der Waals surface area contributed by atoms with Crippen molar-refractivity contribution in [2.24, 2.45) is 0 Å². The Labute approximate surface area is 118 Å². The van der Waals surface area contributed by atoms with Gasteiger partial charge in [-0.25, -0.2) is 4.68 Å². The van der Waals surface area contributed by atoms with Crippen LogP contribution < -0.4 is 5.32 Å². The summed E-state index contributed by atoms with van der Waals surface area (Å²) in [6.45, 7) is 3.86. The maximum absolute atomic E-state index is 12.6. The minimum Gasteiger partial charge on any atom is -0.380 e. The molecule has 0 aliphatic rings. The summed E-state index contributed by atoms with van der Waals surface area (Å²) in [4.78, 5) is 0. The molecule has 0 saturated heterocycles. The Kier molecular flexibility index (Phi) is 4.04. The van der Waals surface area contributed by atoms with Crippen molar-refractivity contribution in [2.75, 3.05) is 5.32 Å². The van der Waals surface area contributed by atoms with E-state index < -0.39 is 11.7 Å². The van der Waals surface area contributed by atoms with E-state index in [9.17, 15) is 13.2 Å². The van der Waals surface area contributed by atoms with Crippen LogP contribution >= 0.6 is 11.6 Å². The van der Waals surface area contributed by atoms with Crippen LogP contribution in [0.5, 0.6) is 0 Å². The van der Waals surface area contributed by atoms with E-state index >= 15 is 0 Å². The average Bonchev–Trinajstić information content (AvgIpc) is 2.84. The van der Waals surface area contributed by atoms with Crippen LogP contribution in [0.4, 0.5) is 18.9 Å². The Bertz CT molecular complexity index is 620. The van der Waals surface area contributed by atoms with Gasteiger partial charge in [-0.1, -0.05) is 18.2 Å². The third kappa shape index (κ3) is 3.33. The highest BCUT2D eigenvalue weighted by Crippen LogP contribution is 2.33. The highest BCUT2D eigenvalue weighted by molar-refractivity contribution is 6.33. The first-order valence-corrected chi connectivity index (χ1v) is 6.04. The number of aromatic nitrogens is 2. The normalized spacial score (nSPS) is 11.4. The van der Waals surface area contributed by atoms with E-state index in [0.717, 1.165) is 17.7 Å². The first kappa shape index (κ1) is 14.5. The maximum atomic E-state index is 12.6. The summed E-state index contributed by atoms with van der Waals surface area (Å²) < 4.78 is 39.4. The van der Waals surface area contributed by atoms with Crippen LogP contribution in [0.3, 0.4) is 0 Å². The van der Waals surface area contributed by atoms with Gasteiger partial charge >= 0.3 is 6.18 Å². The van der Waals surface area contributed by atoms with Gasteiger partial charge in [-0.3, -0.25) is 0 Å². The van der Waals surface area contributed by atoms with E-state index in [1.165, 1.54) is 16.9 Å². The molecule has 1 aromatic carbocycles. The Morgan fingerprint density at radius 1 is 1.40 bits per heavy atom. The molecule has 2 rings (SSSR count). The van der Waals surface area contributed by atoms with Crippen LogP contribution in [0, 0.1) is 0 Å². The van der Waals surface area contributed by atoms with Gasteiger partial charge in [-0.15, -0.1) is 0 Å². The molecule has 0 saturated carbocycles. The second kappa shape index (κ2) is 5.58. The average molecular weight is 302 g/mol. The number of hydrogen-bond donors (Lipinski definition) is 1. The van der Waals surface area contributed by atoms with Crippen LogP contribution in [0.1, 0.15) is 11.1 Å². The Hall–Kier alpha value is -1.95. The maximum Gasteiger partial charge on any atom is 0.416 e. The second-order valence-electron chi connectivity index (χ2n) is 4.06. The number of rotatable bonds is 4. The number of nitrogens with one attached hydrogen (secondary N) is 1. The van der Waals surface area contributed by atoms with Gasteiger partial charge in [0.2, 0.25) is 0 Å². The molecular weight excluding hydrogens is 291 g/mol. The lowest BCUT2D eigenvalue weighted by Crippen LogP contribution is -2.06. The van der Waals surface area contributed by atoms with Crippen molar-refractivity contribution >= 4 is 23.5 Å². The van der Waals surface area contributed by atoms with Crippen LogP contribution in [0.25, 0.3) is 6.20 Å². The van der Waals surface area contributed by atoms with Crippen molar-refractivity contribution in [1.82, 2.24) is 9.78 Å². The predicted octanol–water partition coefficient (Wildman–Crippen LogP) is 4.27. The van der Waals surface area contributed by atoms with E-state index in [-0.39, 0.29) is 10.7 Å². The van der Waals surface area contributed by atoms with Crippen molar-refractivity contribution in [2.45, 2.75) is 12.7 Å². The van der Waals surface area contributed by atoms with Crippen LogP contribution in [-0.4, -0.2) is 9.78 Å². The number of benzene rings is 1. The van der Waals surface area contributed by atoms with E-state index in [1.807, 2.05) is 0 Å². The van der Waals surface area contributed by atoms with Gasteiger partial charge in [0.1, 0.15) is 0 Å². The van der Waals surface area contributed by atoms with Crippen molar-refractivity contribution in [3.63, 3.8) is 0 Å². The summed E-state index contributed by atoms with van der Waals surface area (Å²) in [5, 5.41) is 7.06. The molecule has 0 radical (unpaired) electrons. The fraction of sp³-hybridized carbons (Fsp3) is 0.154. The molecule has 7 heteroatoms. The number of halogens is 4. The summed E-state index contributed by atoms with van der Waals surface area (Å²) in [7, 11) is 0. The summed E-state index contributed by atoms with van der Waals surface area (Å²) in [6, 6.07) is 3.16. The molecule has 1 heterocycles. The lowest BCUT2D eigenvalue weighted by molar-refractivity contribution is -0.137. The monoisotopic (exact) mass is 301 g/mol. The van der Waals surface area contributed by atoms with E-state index in [2.05, 4.69) is 17.0 Å². The Morgan fingerprint density at radius 3 is 2.75 bits per heavy atom. The SMILES string of the molecule is C=Cn1cc(CNc2cc(C(F)(F)F)ccc2Cl)cn1. The zero-order chi connectivity index (χ0) is 14.8. The van der Waals surface area contributed by atoms with Crippen molar-refractivity contribution in [3.8, 4) is 0 Å². The summed E-state index contributed by atoms with van der Waals surface area (Å²) in [5.41, 5.74) is 0.289. The van der Waals surface area contributed by atoms with E-state index in [4.69, 9.17) is 11.6 Å². The molecule has 0 bridgehead atoms. The first-order chi connectivity index (χ1) is 9.40. The number of nitrogens with zero attached hydrogens (tertiary/aromatic N) is 2. The van der Waals surface area contributed by atoms with Gasteiger partial charge in [0.25, 0.3) is 0 Å². The quantitative estimate of drug-likeness (QED) is 0.914. The zero-order valence-corrected chi connectivity index (χ0v) is 11.0. The molecular formula is C13H11ClF3N3. The van der Waals surface area contributed by atoms with Crippen molar-refractivity contribution in [3.05, 3.63) is 53.3 Å². The van der Waals surface area contributed by atoms with E-state index in [0.29, 0.717) is 6.54 Å². The first-order valence-electron chi connectivity index (χ1n) is 5.66. The fourth-order valence-corrected chi connectivity index (χ4v) is 1.79. The molecule has 20 heavy (non-hydrogen) atoms. The third-order valence-electron chi connectivity index (χ3n) is 2.62. The molecule has 1 aromatic heterocycles. The van der Waals surface area contributed by atoms with Crippen molar-refractivity contribution in [1.29, 1.82) is 0 Å².